The summed E-state index contributed by atoms with van der Waals surface area (Å²) in [7, 11) is 0. The molecule has 94 valence electrons. The first kappa shape index (κ1) is 12.6. The van der Waals surface area contributed by atoms with Crippen LogP contribution in [0, 0.1) is 6.92 Å². The molecule has 1 atom stereocenters. The van der Waals surface area contributed by atoms with E-state index in [4.69, 9.17) is 4.74 Å². The van der Waals surface area contributed by atoms with Crippen molar-refractivity contribution in [1.29, 1.82) is 0 Å². The Kier molecular flexibility index (Phi) is 3.95. The highest BCUT2D eigenvalue weighted by Gasteiger charge is 2.06. The maximum atomic E-state index is 9.47. The number of benzene rings is 1. The zero-order valence-corrected chi connectivity index (χ0v) is 10.6. The van der Waals surface area contributed by atoms with Crippen LogP contribution in [0.1, 0.15) is 29.7 Å². The van der Waals surface area contributed by atoms with Crippen LogP contribution >= 0.6 is 0 Å². The lowest BCUT2D eigenvalue weighted by molar-refractivity contribution is 0.198. The van der Waals surface area contributed by atoms with Crippen molar-refractivity contribution in [3.63, 3.8) is 0 Å². The predicted molar refractivity (Wildman–Crippen MR) is 70.4 cm³/mol. The molecule has 1 N–H and O–H groups in total. The van der Waals surface area contributed by atoms with Crippen molar-refractivity contribution in [2.45, 2.75) is 26.6 Å². The van der Waals surface area contributed by atoms with Gasteiger partial charge in [-0.2, -0.15) is 0 Å². The van der Waals surface area contributed by atoms with Crippen LogP contribution < -0.4 is 4.74 Å². The van der Waals surface area contributed by atoms with Crippen LogP contribution in [0.3, 0.4) is 0 Å². The normalized spacial score (nSPS) is 12.2. The standard InChI is InChI=1S/C15H17NO2/c1-11-8-14(12(2)17)9-16-15(11)18-10-13-6-4-3-5-7-13/h3-9,12,17H,10H2,1-2H3. The van der Waals surface area contributed by atoms with Crippen molar-refractivity contribution in [3.05, 3.63) is 59.3 Å². The van der Waals surface area contributed by atoms with Crippen LogP contribution in [0.25, 0.3) is 0 Å². The highest BCUT2D eigenvalue weighted by atomic mass is 16.5. The average molecular weight is 243 g/mol. The molecule has 3 heteroatoms. The molecule has 1 unspecified atom stereocenters. The van der Waals surface area contributed by atoms with Gasteiger partial charge in [-0.05, 0) is 31.0 Å². The van der Waals surface area contributed by atoms with E-state index in [1.54, 1.807) is 13.1 Å². The molecule has 1 aromatic carbocycles. The van der Waals surface area contributed by atoms with E-state index < -0.39 is 6.10 Å². The fourth-order valence-electron chi connectivity index (χ4n) is 1.69. The van der Waals surface area contributed by atoms with Gasteiger partial charge in [0, 0.05) is 11.8 Å². The van der Waals surface area contributed by atoms with Crippen LogP contribution in [0.5, 0.6) is 5.88 Å². The molecule has 18 heavy (non-hydrogen) atoms. The van der Waals surface area contributed by atoms with Crippen LogP contribution in [-0.2, 0) is 6.61 Å². The zero-order valence-electron chi connectivity index (χ0n) is 10.6. The Morgan fingerprint density at radius 2 is 2.00 bits per heavy atom. The monoisotopic (exact) mass is 243 g/mol. The lowest BCUT2D eigenvalue weighted by Crippen LogP contribution is -2.01. The van der Waals surface area contributed by atoms with Crippen LogP contribution in [-0.4, -0.2) is 10.1 Å². The number of aliphatic hydroxyl groups is 1. The maximum absolute atomic E-state index is 9.47. The second-order valence-corrected chi connectivity index (χ2v) is 4.34. The molecule has 0 bridgehead atoms. The number of hydrogen-bond donors (Lipinski definition) is 1. The summed E-state index contributed by atoms with van der Waals surface area (Å²) in [5, 5.41) is 9.47. The van der Waals surface area contributed by atoms with E-state index in [0.29, 0.717) is 12.5 Å². The molecular formula is C15H17NO2. The van der Waals surface area contributed by atoms with Gasteiger partial charge in [0.15, 0.2) is 0 Å². The summed E-state index contributed by atoms with van der Waals surface area (Å²) in [5.41, 5.74) is 2.85. The third-order valence-electron chi connectivity index (χ3n) is 2.75. The van der Waals surface area contributed by atoms with Gasteiger partial charge in [0.2, 0.25) is 5.88 Å². The minimum Gasteiger partial charge on any atom is -0.473 e. The number of hydrogen-bond acceptors (Lipinski definition) is 3. The summed E-state index contributed by atoms with van der Waals surface area (Å²) in [6, 6.07) is 11.9. The summed E-state index contributed by atoms with van der Waals surface area (Å²) < 4.78 is 5.66. The molecule has 0 aliphatic rings. The minimum absolute atomic E-state index is 0.501. The van der Waals surface area contributed by atoms with E-state index in [1.165, 1.54) is 0 Å². The van der Waals surface area contributed by atoms with Crippen molar-refractivity contribution < 1.29 is 9.84 Å². The number of aryl methyl sites for hydroxylation is 1. The van der Waals surface area contributed by atoms with Gasteiger partial charge in [-0.15, -0.1) is 0 Å². The first-order valence-electron chi connectivity index (χ1n) is 5.98. The number of ether oxygens (including phenoxy) is 1. The third kappa shape index (κ3) is 3.08. The van der Waals surface area contributed by atoms with Gasteiger partial charge < -0.3 is 9.84 Å². The fourth-order valence-corrected chi connectivity index (χ4v) is 1.69. The number of pyridine rings is 1. The fraction of sp³-hybridized carbons (Fsp3) is 0.267. The second kappa shape index (κ2) is 5.65. The Hall–Kier alpha value is -1.87. The lowest BCUT2D eigenvalue weighted by Gasteiger charge is -2.10. The molecule has 0 aliphatic carbocycles. The Labute approximate surface area is 107 Å². The van der Waals surface area contributed by atoms with Crippen molar-refractivity contribution in [2.75, 3.05) is 0 Å². The number of aliphatic hydroxyl groups excluding tert-OH is 1. The zero-order chi connectivity index (χ0) is 13.0. The van der Waals surface area contributed by atoms with Crippen LogP contribution in [0.4, 0.5) is 0 Å². The highest BCUT2D eigenvalue weighted by molar-refractivity contribution is 5.29. The molecule has 2 rings (SSSR count). The maximum Gasteiger partial charge on any atom is 0.216 e. The van der Waals surface area contributed by atoms with E-state index in [2.05, 4.69) is 4.98 Å². The molecule has 0 saturated carbocycles. The summed E-state index contributed by atoms with van der Waals surface area (Å²) >= 11 is 0. The first-order valence-corrected chi connectivity index (χ1v) is 5.98. The average Bonchev–Trinajstić information content (AvgIpc) is 2.38. The van der Waals surface area contributed by atoms with E-state index in [1.807, 2.05) is 43.3 Å². The molecule has 1 aromatic heterocycles. The van der Waals surface area contributed by atoms with Gasteiger partial charge in [0.05, 0.1) is 6.10 Å². The molecule has 2 aromatic rings. The van der Waals surface area contributed by atoms with Crippen molar-refractivity contribution in [1.82, 2.24) is 4.98 Å². The number of nitrogens with zero attached hydrogens (tertiary/aromatic N) is 1. The third-order valence-corrected chi connectivity index (χ3v) is 2.75. The Balaban J connectivity index is 2.06. The summed E-state index contributed by atoms with van der Waals surface area (Å²) in [4.78, 5) is 4.23. The van der Waals surface area contributed by atoms with Gasteiger partial charge in [-0.1, -0.05) is 30.3 Å². The number of rotatable bonds is 4. The van der Waals surface area contributed by atoms with E-state index in [-0.39, 0.29) is 0 Å². The van der Waals surface area contributed by atoms with Gasteiger partial charge in [0.1, 0.15) is 6.61 Å². The first-order chi connectivity index (χ1) is 8.66. The van der Waals surface area contributed by atoms with Crippen LogP contribution in [0.2, 0.25) is 0 Å². The van der Waals surface area contributed by atoms with Gasteiger partial charge in [-0.25, -0.2) is 4.98 Å². The van der Waals surface area contributed by atoms with E-state index in [9.17, 15) is 5.11 Å². The molecule has 1 heterocycles. The molecule has 0 spiro atoms. The lowest BCUT2D eigenvalue weighted by atomic mass is 10.1. The molecule has 3 nitrogen and oxygen atoms in total. The van der Waals surface area contributed by atoms with E-state index >= 15 is 0 Å². The van der Waals surface area contributed by atoms with Crippen molar-refractivity contribution >= 4 is 0 Å². The molecule has 0 fully saturated rings. The Morgan fingerprint density at radius 3 is 2.61 bits per heavy atom. The topological polar surface area (TPSA) is 42.4 Å². The number of aromatic nitrogens is 1. The van der Waals surface area contributed by atoms with E-state index in [0.717, 1.165) is 16.7 Å². The Morgan fingerprint density at radius 1 is 1.28 bits per heavy atom. The summed E-state index contributed by atoms with van der Waals surface area (Å²) in [6.07, 6.45) is 1.15. The van der Waals surface area contributed by atoms with Crippen molar-refractivity contribution in [3.8, 4) is 5.88 Å². The molecular weight excluding hydrogens is 226 g/mol. The second-order valence-electron chi connectivity index (χ2n) is 4.34. The molecule has 0 saturated heterocycles. The van der Waals surface area contributed by atoms with Gasteiger partial charge >= 0.3 is 0 Å². The summed E-state index contributed by atoms with van der Waals surface area (Å²) in [5.74, 6) is 0.614. The van der Waals surface area contributed by atoms with Gasteiger partial charge in [0.25, 0.3) is 0 Å². The molecule has 0 aliphatic heterocycles. The minimum atomic E-state index is -0.501. The van der Waals surface area contributed by atoms with Crippen LogP contribution in [0.15, 0.2) is 42.6 Å². The van der Waals surface area contributed by atoms with Crippen molar-refractivity contribution in [2.24, 2.45) is 0 Å². The largest absolute Gasteiger partial charge is 0.473 e. The van der Waals surface area contributed by atoms with Gasteiger partial charge in [-0.3, -0.25) is 0 Å². The quantitative estimate of drug-likeness (QED) is 0.897. The Bertz CT molecular complexity index is 509. The smallest absolute Gasteiger partial charge is 0.216 e. The summed E-state index contributed by atoms with van der Waals surface area (Å²) in [6.45, 7) is 4.16. The highest BCUT2D eigenvalue weighted by Crippen LogP contribution is 2.20. The predicted octanol–water partition coefficient (Wildman–Crippen LogP) is 3.02. The molecule has 0 amide bonds. The SMILES string of the molecule is Cc1cc(C(C)O)cnc1OCc1ccccc1. The molecule has 0 radical (unpaired) electrons.